The number of hydrogen-bond acceptors (Lipinski definition) is 4. The number of amides is 1. The molecule has 0 aliphatic carbocycles. The lowest BCUT2D eigenvalue weighted by Crippen LogP contribution is -2.08. The molecule has 0 bridgehead atoms. The molecular formula is C20H21N3O3. The number of aromatic nitrogens is 1. The Morgan fingerprint density at radius 2 is 1.88 bits per heavy atom. The van der Waals surface area contributed by atoms with E-state index >= 15 is 0 Å². The van der Waals surface area contributed by atoms with E-state index in [1.54, 1.807) is 10.6 Å². The Labute approximate surface area is 151 Å². The SMILES string of the molecule is CCCn1c(O)c(N=NC(=O)COc2ccccc2C)c2ccccc21. The molecule has 26 heavy (non-hydrogen) atoms. The van der Waals surface area contributed by atoms with E-state index in [2.05, 4.69) is 10.2 Å². The van der Waals surface area contributed by atoms with Gasteiger partial charge in [-0.05, 0) is 31.0 Å². The van der Waals surface area contributed by atoms with Gasteiger partial charge in [-0.3, -0.25) is 4.79 Å². The van der Waals surface area contributed by atoms with Gasteiger partial charge >= 0.3 is 5.91 Å². The predicted octanol–water partition coefficient (Wildman–Crippen LogP) is 4.75. The second-order valence-electron chi connectivity index (χ2n) is 5.99. The molecule has 1 heterocycles. The third-order valence-corrected chi connectivity index (χ3v) is 4.07. The van der Waals surface area contributed by atoms with Crippen LogP contribution < -0.4 is 4.74 Å². The van der Waals surface area contributed by atoms with Crippen molar-refractivity contribution in [1.29, 1.82) is 0 Å². The monoisotopic (exact) mass is 351 g/mol. The molecule has 0 atom stereocenters. The maximum Gasteiger partial charge on any atom is 0.302 e. The maximum atomic E-state index is 12.0. The van der Waals surface area contributed by atoms with Gasteiger partial charge in [0, 0.05) is 11.9 Å². The zero-order valence-corrected chi connectivity index (χ0v) is 14.8. The van der Waals surface area contributed by atoms with Crippen LogP contribution in [0.1, 0.15) is 18.9 Å². The number of carbonyl (C=O) groups is 1. The molecule has 1 aromatic heterocycles. The molecule has 134 valence electrons. The van der Waals surface area contributed by atoms with Crippen molar-refractivity contribution in [2.24, 2.45) is 10.2 Å². The van der Waals surface area contributed by atoms with Crippen LogP contribution in [-0.4, -0.2) is 22.2 Å². The second kappa shape index (κ2) is 7.82. The van der Waals surface area contributed by atoms with Gasteiger partial charge in [-0.2, -0.15) is 0 Å². The molecule has 3 rings (SSSR count). The number of benzene rings is 2. The molecular weight excluding hydrogens is 330 g/mol. The van der Waals surface area contributed by atoms with Gasteiger partial charge in [0.25, 0.3) is 0 Å². The number of carbonyl (C=O) groups excluding carboxylic acids is 1. The number of azo groups is 1. The lowest BCUT2D eigenvalue weighted by atomic mass is 10.2. The van der Waals surface area contributed by atoms with E-state index in [1.165, 1.54) is 0 Å². The molecule has 0 saturated carbocycles. The average molecular weight is 351 g/mol. The van der Waals surface area contributed by atoms with E-state index < -0.39 is 5.91 Å². The topological polar surface area (TPSA) is 76.2 Å². The van der Waals surface area contributed by atoms with E-state index in [0.717, 1.165) is 22.9 Å². The van der Waals surface area contributed by atoms with Gasteiger partial charge in [-0.25, -0.2) is 0 Å². The normalized spacial score (nSPS) is 11.3. The number of hydrogen-bond donors (Lipinski definition) is 1. The molecule has 0 unspecified atom stereocenters. The van der Waals surface area contributed by atoms with Gasteiger partial charge in [0.1, 0.15) is 5.75 Å². The molecule has 0 aliphatic rings. The molecule has 1 N–H and O–H groups in total. The van der Waals surface area contributed by atoms with E-state index in [-0.39, 0.29) is 12.5 Å². The Hall–Kier alpha value is -3.15. The maximum absolute atomic E-state index is 12.0. The van der Waals surface area contributed by atoms with Crippen LogP contribution in [0.3, 0.4) is 0 Å². The van der Waals surface area contributed by atoms with Crippen molar-refractivity contribution < 1.29 is 14.6 Å². The highest BCUT2D eigenvalue weighted by atomic mass is 16.5. The van der Waals surface area contributed by atoms with Gasteiger partial charge in [0.05, 0.1) is 5.52 Å². The van der Waals surface area contributed by atoms with Crippen LogP contribution in [0.15, 0.2) is 58.8 Å². The van der Waals surface area contributed by atoms with Gasteiger partial charge in [-0.1, -0.05) is 43.3 Å². The Morgan fingerprint density at radius 3 is 2.65 bits per heavy atom. The van der Waals surface area contributed by atoms with Crippen LogP contribution >= 0.6 is 0 Å². The minimum atomic E-state index is -0.514. The lowest BCUT2D eigenvalue weighted by molar-refractivity contribution is -0.120. The third-order valence-electron chi connectivity index (χ3n) is 4.07. The quantitative estimate of drug-likeness (QED) is 0.651. The van der Waals surface area contributed by atoms with Gasteiger partial charge < -0.3 is 14.4 Å². The first kappa shape index (κ1) is 17.7. The van der Waals surface area contributed by atoms with Crippen LogP contribution in [0.4, 0.5) is 5.69 Å². The highest BCUT2D eigenvalue weighted by molar-refractivity contribution is 5.95. The van der Waals surface area contributed by atoms with Crippen LogP contribution in [0.5, 0.6) is 11.6 Å². The summed E-state index contributed by atoms with van der Waals surface area (Å²) in [6, 6.07) is 15.0. The molecule has 0 aliphatic heterocycles. The Bertz CT molecular complexity index is 960. The molecule has 6 heteroatoms. The van der Waals surface area contributed by atoms with Crippen molar-refractivity contribution in [2.45, 2.75) is 26.8 Å². The van der Waals surface area contributed by atoms with Gasteiger partial charge in [0.15, 0.2) is 12.3 Å². The summed E-state index contributed by atoms with van der Waals surface area (Å²) in [7, 11) is 0. The van der Waals surface area contributed by atoms with Crippen molar-refractivity contribution in [1.82, 2.24) is 4.57 Å². The van der Waals surface area contributed by atoms with Gasteiger partial charge in [-0.15, -0.1) is 10.2 Å². The van der Waals surface area contributed by atoms with Crippen molar-refractivity contribution in [2.75, 3.05) is 6.61 Å². The number of aryl methyl sites for hydroxylation is 2. The minimum absolute atomic E-state index is 0.0180. The van der Waals surface area contributed by atoms with Crippen molar-refractivity contribution in [3.63, 3.8) is 0 Å². The molecule has 1 amide bonds. The first-order valence-corrected chi connectivity index (χ1v) is 8.55. The lowest BCUT2D eigenvalue weighted by Gasteiger charge is -2.05. The first-order chi connectivity index (χ1) is 12.6. The van der Waals surface area contributed by atoms with E-state index in [9.17, 15) is 9.90 Å². The second-order valence-corrected chi connectivity index (χ2v) is 5.99. The Morgan fingerprint density at radius 1 is 1.15 bits per heavy atom. The van der Waals surface area contributed by atoms with Crippen LogP contribution in [0.2, 0.25) is 0 Å². The molecule has 2 aromatic carbocycles. The molecule has 0 saturated heterocycles. The smallest absolute Gasteiger partial charge is 0.302 e. The highest BCUT2D eigenvalue weighted by Gasteiger charge is 2.16. The molecule has 3 aromatic rings. The fourth-order valence-corrected chi connectivity index (χ4v) is 2.81. The van der Waals surface area contributed by atoms with E-state index in [1.807, 2.05) is 56.3 Å². The molecule has 6 nitrogen and oxygen atoms in total. The standard InChI is InChI=1S/C20H21N3O3/c1-3-12-23-16-10-6-5-9-15(16)19(20(23)25)22-21-18(24)13-26-17-11-7-4-8-14(17)2/h4-11,25H,3,12-13H2,1-2H3. The van der Waals surface area contributed by atoms with Gasteiger partial charge in [0.2, 0.25) is 5.88 Å². The van der Waals surface area contributed by atoms with Crippen molar-refractivity contribution >= 4 is 22.5 Å². The number of para-hydroxylation sites is 2. The van der Waals surface area contributed by atoms with Crippen molar-refractivity contribution in [3.05, 3.63) is 54.1 Å². The zero-order chi connectivity index (χ0) is 18.5. The summed E-state index contributed by atoms with van der Waals surface area (Å²) < 4.78 is 7.25. The zero-order valence-electron chi connectivity index (χ0n) is 14.8. The summed E-state index contributed by atoms with van der Waals surface area (Å²) in [6.45, 7) is 4.39. The minimum Gasteiger partial charge on any atom is -0.493 e. The van der Waals surface area contributed by atoms with Crippen LogP contribution in [0.25, 0.3) is 10.9 Å². The fourth-order valence-electron chi connectivity index (χ4n) is 2.81. The molecule has 0 fully saturated rings. The Balaban J connectivity index is 1.79. The summed E-state index contributed by atoms with van der Waals surface area (Å²) in [6.07, 6.45) is 0.867. The summed E-state index contributed by atoms with van der Waals surface area (Å²) >= 11 is 0. The largest absolute Gasteiger partial charge is 0.493 e. The van der Waals surface area contributed by atoms with E-state index in [4.69, 9.17) is 4.74 Å². The van der Waals surface area contributed by atoms with E-state index in [0.29, 0.717) is 18.0 Å². The van der Waals surface area contributed by atoms with Crippen LogP contribution in [-0.2, 0) is 11.3 Å². The first-order valence-electron chi connectivity index (χ1n) is 8.55. The summed E-state index contributed by atoms with van der Waals surface area (Å²) in [5.74, 6) is 0.142. The number of fused-ring (bicyclic) bond motifs is 1. The molecule has 0 radical (unpaired) electrons. The highest BCUT2D eigenvalue weighted by Crippen LogP contribution is 2.38. The summed E-state index contributed by atoms with van der Waals surface area (Å²) in [4.78, 5) is 12.0. The predicted molar refractivity (Wildman–Crippen MR) is 100 cm³/mol. The number of aromatic hydroxyl groups is 1. The number of nitrogens with zero attached hydrogens (tertiary/aromatic N) is 3. The Kier molecular flexibility index (Phi) is 5.31. The third kappa shape index (κ3) is 3.59. The summed E-state index contributed by atoms with van der Waals surface area (Å²) in [5.41, 5.74) is 2.11. The number of ether oxygens (including phenoxy) is 1. The fraction of sp³-hybridized carbons (Fsp3) is 0.250. The average Bonchev–Trinajstić information content (AvgIpc) is 2.91. The summed E-state index contributed by atoms with van der Waals surface area (Å²) in [5, 5.41) is 18.9. The number of rotatable bonds is 6. The molecule has 0 spiro atoms. The van der Waals surface area contributed by atoms with Crippen molar-refractivity contribution in [3.8, 4) is 11.6 Å². The van der Waals surface area contributed by atoms with Crippen LogP contribution in [0, 0.1) is 6.92 Å².